The molecular weight excluding hydrogens is 478 g/mol. The van der Waals surface area contributed by atoms with E-state index < -0.39 is 6.04 Å². The molecule has 1 atom stereocenters. The predicted octanol–water partition coefficient (Wildman–Crippen LogP) is 6.39. The van der Waals surface area contributed by atoms with Crippen LogP contribution in [0, 0.1) is 13.8 Å². The van der Waals surface area contributed by atoms with Crippen molar-refractivity contribution in [1.29, 1.82) is 0 Å². The monoisotopic (exact) mass is 511 g/mol. The first-order valence-corrected chi connectivity index (χ1v) is 13.2. The Morgan fingerprint density at radius 3 is 2.34 bits per heavy atom. The lowest BCUT2D eigenvalue weighted by molar-refractivity contribution is 0.0730. The van der Waals surface area contributed by atoms with Crippen molar-refractivity contribution in [3.05, 3.63) is 104 Å². The van der Waals surface area contributed by atoms with Crippen LogP contribution in [0.3, 0.4) is 0 Å². The highest BCUT2D eigenvalue weighted by molar-refractivity contribution is 5.99. The number of fused-ring (bicyclic) bond motifs is 2. The van der Waals surface area contributed by atoms with Crippen LogP contribution in [0.25, 0.3) is 11.0 Å². The molecule has 1 aromatic heterocycles. The topological polar surface area (TPSA) is 69.0 Å². The predicted molar refractivity (Wildman–Crippen MR) is 148 cm³/mol. The maximum atomic E-state index is 13.9. The van der Waals surface area contributed by atoms with Crippen LogP contribution >= 0.6 is 0 Å². The van der Waals surface area contributed by atoms with Crippen molar-refractivity contribution >= 4 is 16.9 Å². The van der Waals surface area contributed by atoms with Crippen molar-refractivity contribution < 1.29 is 18.7 Å². The Labute approximate surface area is 222 Å². The van der Waals surface area contributed by atoms with Gasteiger partial charge in [0.15, 0.2) is 5.43 Å². The van der Waals surface area contributed by atoms with Crippen molar-refractivity contribution in [2.45, 2.75) is 46.1 Å². The number of methoxy groups -OCH3 is 1. The van der Waals surface area contributed by atoms with Crippen LogP contribution in [-0.4, -0.2) is 31.1 Å². The quantitative estimate of drug-likeness (QED) is 0.244. The third-order valence-electron chi connectivity index (χ3n) is 7.18. The van der Waals surface area contributed by atoms with Crippen LogP contribution in [0.5, 0.6) is 11.5 Å². The minimum atomic E-state index is -0.540. The summed E-state index contributed by atoms with van der Waals surface area (Å²) in [5, 5.41) is 0.531. The smallest absolute Gasteiger partial charge is 0.290 e. The maximum absolute atomic E-state index is 13.9. The van der Waals surface area contributed by atoms with E-state index in [1.165, 1.54) is 0 Å². The summed E-state index contributed by atoms with van der Waals surface area (Å²) in [6.45, 7) is 7.08. The Hall–Kier alpha value is -4.06. The molecule has 0 saturated carbocycles. The molecule has 38 heavy (non-hydrogen) atoms. The molecule has 5 rings (SSSR count). The second-order valence-corrected chi connectivity index (χ2v) is 9.90. The summed E-state index contributed by atoms with van der Waals surface area (Å²) in [4.78, 5) is 29.5. The molecule has 0 fully saturated rings. The van der Waals surface area contributed by atoms with Crippen molar-refractivity contribution in [3.8, 4) is 11.5 Å². The fourth-order valence-corrected chi connectivity index (χ4v) is 5.21. The first-order valence-electron chi connectivity index (χ1n) is 13.2. The Kier molecular flexibility index (Phi) is 7.23. The molecule has 1 aliphatic heterocycles. The van der Waals surface area contributed by atoms with E-state index in [9.17, 15) is 9.59 Å². The SMILES string of the molecule is CCCCOc1ccc(C2c3c(oc4cc(C)cc(C)c4c3=O)C(=O)N2CCc2ccc(OC)cc2)cc1. The van der Waals surface area contributed by atoms with E-state index in [0.717, 1.165) is 46.6 Å². The highest BCUT2D eigenvalue weighted by Gasteiger charge is 2.42. The van der Waals surface area contributed by atoms with Crippen LogP contribution < -0.4 is 14.9 Å². The summed E-state index contributed by atoms with van der Waals surface area (Å²) in [5.41, 5.74) is 4.47. The lowest BCUT2D eigenvalue weighted by Crippen LogP contribution is -2.31. The summed E-state index contributed by atoms with van der Waals surface area (Å²) < 4.78 is 17.3. The summed E-state index contributed by atoms with van der Waals surface area (Å²) in [6, 6.07) is 18.8. The third-order valence-corrected chi connectivity index (χ3v) is 7.18. The lowest BCUT2D eigenvalue weighted by atomic mass is 9.96. The summed E-state index contributed by atoms with van der Waals surface area (Å²) in [6.07, 6.45) is 2.67. The van der Waals surface area contributed by atoms with E-state index in [0.29, 0.717) is 36.1 Å². The molecule has 6 nitrogen and oxygen atoms in total. The molecule has 6 heteroatoms. The number of amides is 1. The maximum Gasteiger partial charge on any atom is 0.290 e. The first kappa shape index (κ1) is 25.6. The Balaban J connectivity index is 1.56. The molecule has 0 radical (unpaired) electrons. The number of hydrogen-bond acceptors (Lipinski definition) is 5. The minimum absolute atomic E-state index is 0.135. The van der Waals surface area contributed by atoms with E-state index >= 15 is 0 Å². The Morgan fingerprint density at radius 1 is 0.947 bits per heavy atom. The van der Waals surface area contributed by atoms with Crippen molar-refractivity contribution in [1.82, 2.24) is 4.90 Å². The number of unbranched alkanes of at least 4 members (excludes halogenated alkanes) is 1. The van der Waals surface area contributed by atoms with Crippen LogP contribution in [0.15, 0.2) is 69.9 Å². The van der Waals surface area contributed by atoms with Crippen molar-refractivity contribution in [2.75, 3.05) is 20.3 Å². The van der Waals surface area contributed by atoms with Gasteiger partial charge in [-0.2, -0.15) is 0 Å². The minimum Gasteiger partial charge on any atom is -0.497 e. The highest BCUT2D eigenvalue weighted by atomic mass is 16.5. The molecular formula is C32H33NO5. The zero-order valence-electron chi connectivity index (χ0n) is 22.4. The second-order valence-electron chi connectivity index (χ2n) is 9.90. The van der Waals surface area contributed by atoms with E-state index in [2.05, 4.69) is 6.92 Å². The van der Waals surface area contributed by atoms with Gasteiger partial charge < -0.3 is 18.8 Å². The molecule has 0 aliphatic carbocycles. The number of carbonyl (C=O) groups excluding carboxylic acids is 1. The largest absolute Gasteiger partial charge is 0.497 e. The molecule has 0 saturated heterocycles. The molecule has 1 unspecified atom stereocenters. The Morgan fingerprint density at radius 2 is 1.66 bits per heavy atom. The van der Waals surface area contributed by atoms with Gasteiger partial charge in [0.05, 0.1) is 30.7 Å². The molecule has 4 aromatic rings. The fourth-order valence-electron chi connectivity index (χ4n) is 5.21. The summed E-state index contributed by atoms with van der Waals surface area (Å²) >= 11 is 0. The van der Waals surface area contributed by atoms with E-state index in [4.69, 9.17) is 13.9 Å². The third kappa shape index (κ3) is 4.78. The van der Waals surface area contributed by atoms with Crippen LogP contribution in [0.1, 0.15) is 64.2 Å². The van der Waals surface area contributed by atoms with Gasteiger partial charge >= 0.3 is 0 Å². The molecule has 2 heterocycles. The van der Waals surface area contributed by atoms with Gasteiger partial charge in [-0.25, -0.2) is 0 Å². The van der Waals surface area contributed by atoms with Gasteiger partial charge in [-0.05, 0) is 79.3 Å². The molecule has 0 N–H and O–H groups in total. The van der Waals surface area contributed by atoms with Crippen LogP contribution in [-0.2, 0) is 6.42 Å². The van der Waals surface area contributed by atoms with E-state index in [1.54, 1.807) is 12.0 Å². The first-order chi connectivity index (χ1) is 18.4. The van der Waals surface area contributed by atoms with Gasteiger partial charge in [0.2, 0.25) is 5.76 Å². The van der Waals surface area contributed by atoms with Gasteiger partial charge in [-0.3, -0.25) is 9.59 Å². The van der Waals surface area contributed by atoms with Crippen LogP contribution in [0.4, 0.5) is 0 Å². The van der Waals surface area contributed by atoms with E-state index in [1.807, 2.05) is 74.5 Å². The van der Waals surface area contributed by atoms with Crippen molar-refractivity contribution in [3.63, 3.8) is 0 Å². The summed E-state index contributed by atoms with van der Waals surface area (Å²) in [5.74, 6) is 1.42. The normalized spacial score (nSPS) is 14.7. The molecule has 1 amide bonds. The number of benzene rings is 3. The second kappa shape index (κ2) is 10.7. The number of nitrogens with zero attached hydrogens (tertiary/aromatic N) is 1. The van der Waals surface area contributed by atoms with E-state index in [-0.39, 0.29) is 17.1 Å². The number of aryl methyl sites for hydroxylation is 2. The van der Waals surface area contributed by atoms with Gasteiger partial charge in [0.25, 0.3) is 5.91 Å². The molecule has 3 aromatic carbocycles. The number of ether oxygens (including phenoxy) is 2. The van der Waals surface area contributed by atoms with Crippen molar-refractivity contribution in [2.24, 2.45) is 0 Å². The summed E-state index contributed by atoms with van der Waals surface area (Å²) in [7, 11) is 1.64. The van der Waals surface area contributed by atoms with Crippen LogP contribution in [0.2, 0.25) is 0 Å². The zero-order valence-corrected chi connectivity index (χ0v) is 22.4. The molecule has 196 valence electrons. The van der Waals surface area contributed by atoms with Gasteiger partial charge in [-0.1, -0.05) is 43.7 Å². The lowest BCUT2D eigenvalue weighted by Gasteiger charge is -2.25. The van der Waals surface area contributed by atoms with Gasteiger partial charge in [0, 0.05) is 6.54 Å². The molecule has 0 spiro atoms. The average molecular weight is 512 g/mol. The number of carbonyl (C=O) groups is 1. The number of rotatable bonds is 9. The number of hydrogen-bond donors (Lipinski definition) is 0. The molecule has 0 bridgehead atoms. The van der Waals surface area contributed by atoms with Gasteiger partial charge in [-0.15, -0.1) is 0 Å². The molecule has 1 aliphatic rings. The fraction of sp³-hybridized carbons (Fsp3) is 0.312. The average Bonchev–Trinajstić information content (AvgIpc) is 3.19. The highest BCUT2D eigenvalue weighted by Crippen LogP contribution is 2.39. The Bertz CT molecular complexity index is 1520. The zero-order chi connectivity index (χ0) is 26.8. The standard InChI is InChI=1S/C32H33NO5/c1-5-6-17-37-25-13-9-23(10-14-25)29-28-30(34)27-21(3)18-20(2)19-26(27)38-31(28)32(35)33(29)16-15-22-7-11-24(36-4)12-8-22/h7-14,18-19,29H,5-6,15-17H2,1-4H3. The van der Waals surface area contributed by atoms with Gasteiger partial charge in [0.1, 0.15) is 17.1 Å².